The first-order valence-corrected chi connectivity index (χ1v) is 5.70. The lowest BCUT2D eigenvalue weighted by atomic mass is 10.0. The maximum atomic E-state index is 9.69. The van der Waals surface area contributed by atoms with E-state index in [-0.39, 0.29) is 6.10 Å². The van der Waals surface area contributed by atoms with E-state index in [1.165, 1.54) is 5.56 Å². The minimum Gasteiger partial charge on any atom is -0.393 e. The molecule has 0 radical (unpaired) electrons. The number of hydrogen-bond acceptors (Lipinski definition) is 1. The normalized spacial score (nSPS) is 13.2. The predicted molar refractivity (Wildman–Crippen MR) is 64.8 cm³/mol. The van der Waals surface area contributed by atoms with E-state index < -0.39 is 0 Å². The van der Waals surface area contributed by atoms with E-state index in [0.717, 1.165) is 25.7 Å². The molecule has 15 heavy (non-hydrogen) atoms. The maximum absolute atomic E-state index is 9.69. The third-order valence-corrected chi connectivity index (χ3v) is 2.42. The van der Waals surface area contributed by atoms with Crippen LogP contribution in [0.2, 0.25) is 0 Å². The zero-order valence-corrected chi connectivity index (χ0v) is 9.39. The summed E-state index contributed by atoms with van der Waals surface area (Å²) in [6.07, 6.45) is 7.60. The van der Waals surface area contributed by atoms with E-state index in [9.17, 15) is 5.11 Å². The van der Waals surface area contributed by atoms with Crippen LogP contribution in [-0.2, 0) is 6.42 Å². The Morgan fingerprint density at radius 2 is 1.93 bits per heavy atom. The van der Waals surface area contributed by atoms with Gasteiger partial charge in [-0.05, 0) is 31.2 Å². The maximum Gasteiger partial charge on any atom is 0.0577 e. The first kappa shape index (κ1) is 12.0. The van der Waals surface area contributed by atoms with Crippen LogP contribution in [-0.4, -0.2) is 11.2 Å². The van der Waals surface area contributed by atoms with Crippen LogP contribution in [0.15, 0.2) is 42.5 Å². The third kappa shape index (κ3) is 5.38. The number of allylic oxidation sites excluding steroid dienone is 1. The largest absolute Gasteiger partial charge is 0.393 e. The van der Waals surface area contributed by atoms with Crippen molar-refractivity contribution in [2.45, 2.75) is 38.7 Å². The highest BCUT2D eigenvalue weighted by Crippen LogP contribution is 2.07. The molecule has 0 aliphatic heterocycles. The second-order valence-electron chi connectivity index (χ2n) is 3.79. The monoisotopic (exact) mass is 204 g/mol. The molecule has 82 valence electrons. The molecule has 1 aromatic rings. The van der Waals surface area contributed by atoms with Crippen molar-refractivity contribution in [2.24, 2.45) is 0 Å². The molecule has 1 heteroatoms. The van der Waals surface area contributed by atoms with Crippen LogP contribution in [0.4, 0.5) is 0 Å². The Morgan fingerprint density at radius 1 is 1.20 bits per heavy atom. The Balaban J connectivity index is 2.22. The minimum atomic E-state index is -0.201. The molecule has 1 nitrogen and oxygen atoms in total. The van der Waals surface area contributed by atoms with Crippen LogP contribution in [0.1, 0.15) is 31.7 Å². The molecule has 0 aromatic heterocycles. The second-order valence-corrected chi connectivity index (χ2v) is 3.79. The van der Waals surface area contributed by atoms with Gasteiger partial charge in [0, 0.05) is 0 Å². The second kappa shape index (κ2) is 7.24. The first-order chi connectivity index (χ1) is 7.33. The summed E-state index contributed by atoms with van der Waals surface area (Å²) in [5, 5.41) is 9.69. The highest BCUT2D eigenvalue weighted by atomic mass is 16.3. The van der Waals surface area contributed by atoms with Crippen molar-refractivity contribution in [3.63, 3.8) is 0 Å². The van der Waals surface area contributed by atoms with Gasteiger partial charge in [0.15, 0.2) is 0 Å². The summed E-state index contributed by atoms with van der Waals surface area (Å²) in [6, 6.07) is 10.3. The van der Waals surface area contributed by atoms with Gasteiger partial charge in [0.05, 0.1) is 6.10 Å². The summed E-state index contributed by atoms with van der Waals surface area (Å²) < 4.78 is 0. The fourth-order valence-corrected chi connectivity index (χ4v) is 1.52. The Kier molecular flexibility index (Phi) is 5.79. The fourth-order valence-electron chi connectivity index (χ4n) is 1.52. The Morgan fingerprint density at radius 3 is 2.60 bits per heavy atom. The van der Waals surface area contributed by atoms with Gasteiger partial charge in [0.1, 0.15) is 0 Å². The molecule has 1 atom stereocenters. The van der Waals surface area contributed by atoms with Gasteiger partial charge in [-0.2, -0.15) is 0 Å². The molecule has 0 unspecified atom stereocenters. The van der Waals surface area contributed by atoms with Crippen molar-refractivity contribution in [3.05, 3.63) is 48.0 Å². The van der Waals surface area contributed by atoms with Crippen molar-refractivity contribution >= 4 is 0 Å². The van der Waals surface area contributed by atoms with Crippen molar-refractivity contribution in [1.82, 2.24) is 0 Å². The summed E-state index contributed by atoms with van der Waals surface area (Å²) in [7, 11) is 0. The molecule has 0 heterocycles. The van der Waals surface area contributed by atoms with Crippen LogP contribution in [0.25, 0.3) is 0 Å². The van der Waals surface area contributed by atoms with E-state index in [2.05, 4.69) is 31.2 Å². The van der Waals surface area contributed by atoms with Gasteiger partial charge >= 0.3 is 0 Å². The highest BCUT2D eigenvalue weighted by Gasteiger charge is 2.01. The molecule has 1 rings (SSSR count). The van der Waals surface area contributed by atoms with Gasteiger partial charge < -0.3 is 5.11 Å². The van der Waals surface area contributed by atoms with E-state index in [1.807, 2.05) is 18.2 Å². The van der Waals surface area contributed by atoms with Gasteiger partial charge in [-0.15, -0.1) is 0 Å². The van der Waals surface area contributed by atoms with Crippen LogP contribution in [0, 0.1) is 0 Å². The summed E-state index contributed by atoms with van der Waals surface area (Å²) in [5.74, 6) is 0. The van der Waals surface area contributed by atoms with E-state index in [1.54, 1.807) is 0 Å². The van der Waals surface area contributed by atoms with Crippen LogP contribution in [0.5, 0.6) is 0 Å². The van der Waals surface area contributed by atoms with Crippen LogP contribution in [0.3, 0.4) is 0 Å². The quantitative estimate of drug-likeness (QED) is 0.705. The number of aliphatic hydroxyl groups excluding tert-OH is 1. The Bertz CT molecular complexity index is 277. The molecule has 0 aliphatic rings. The van der Waals surface area contributed by atoms with E-state index >= 15 is 0 Å². The topological polar surface area (TPSA) is 20.2 Å². The van der Waals surface area contributed by atoms with Gasteiger partial charge in [-0.1, -0.05) is 49.4 Å². The molecule has 1 N–H and O–H groups in total. The average molecular weight is 204 g/mol. The van der Waals surface area contributed by atoms with Crippen molar-refractivity contribution in [2.75, 3.05) is 0 Å². The summed E-state index contributed by atoms with van der Waals surface area (Å²) in [5.41, 5.74) is 1.30. The summed E-state index contributed by atoms with van der Waals surface area (Å²) in [6.45, 7) is 2.10. The van der Waals surface area contributed by atoms with E-state index in [4.69, 9.17) is 0 Å². The number of benzene rings is 1. The number of hydrogen-bond donors (Lipinski definition) is 1. The van der Waals surface area contributed by atoms with Gasteiger partial charge in [-0.3, -0.25) is 0 Å². The summed E-state index contributed by atoms with van der Waals surface area (Å²) in [4.78, 5) is 0. The molecule has 0 bridgehead atoms. The van der Waals surface area contributed by atoms with Gasteiger partial charge in [-0.25, -0.2) is 0 Å². The van der Waals surface area contributed by atoms with Gasteiger partial charge in [0.2, 0.25) is 0 Å². The molecule has 0 fully saturated rings. The van der Waals surface area contributed by atoms with Crippen molar-refractivity contribution in [1.29, 1.82) is 0 Å². The SMILES string of the molecule is CC/C=C/C[C@H](O)CCc1ccccc1. The smallest absolute Gasteiger partial charge is 0.0577 e. The zero-order chi connectivity index (χ0) is 10.9. The Labute approximate surface area is 92.5 Å². The van der Waals surface area contributed by atoms with Crippen molar-refractivity contribution in [3.8, 4) is 0 Å². The first-order valence-electron chi connectivity index (χ1n) is 5.70. The van der Waals surface area contributed by atoms with Crippen molar-refractivity contribution < 1.29 is 5.11 Å². The molecular formula is C14H20O. The summed E-state index contributed by atoms with van der Waals surface area (Å²) >= 11 is 0. The highest BCUT2D eigenvalue weighted by molar-refractivity contribution is 5.14. The molecular weight excluding hydrogens is 184 g/mol. The molecule has 0 saturated carbocycles. The van der Waals surface area contributed by atoms with Crippen LogP contribution >= 0.6 is 0 Å². The molecule has 0 aliphatic carbocycles. The standard InChI is InChI=1S/C14H20O/c1-2-3-5-10-14(15)12-11-13-8-6-4-7-9-13/h3-9,14-15H,2,10-12H2,1H3/b5-3+/t14-/m0/s1. The average Bonchev–Trinajstić information content (AvgIpc) is 2.28. The number of rotatable bonds is 6. The zero-order valence-electron chi connectivity index (χ0n) is 9.39. The lowest BCUT2D eigenvalue weighted by molar-refractivity contribution is 0.168. The predicted octanol–water partition coefficient (Wildman–Crippen LogP) is 3.34. The number of aryl methyl sites for hydroxylation is 1. The minimum absolute atomic E-state index is 0.201. The number of aliphatic hydroxyl groups is 1. The lowest BCUT2D eigenvalue weighted by Gasteiger charge is -2.07. The fraction of sp³-hybridized carbons (Fsp3) is 0.429. The van der Waals surface area contributed by atoms with Gasteiger partial charge in [0.25, 0.3) is 0 Å². The molecule has 0 amide bonds. The van der Waals surface area contributed by atoms with E-state index in [0.29, 0.717) is 0 Å². The molecule has 0 saturated heterocycles. The molecule has 0 spiro atoms. The Hall–Kier alpha value is -1.08. The lowest BCUT2D eigenvalue weighted by Crippen LogP contribution is -2.06. The van der Waals surface area contributed by atoms with Crippen LogP contribution < -0.4 is 0 Å². The molecule has 1 aromatic carbocycles. The third-order valence-electron chi connectivity index (χ3n) is 2.42.